The average molecular weight is 198 g/mol. The Kier molecular flexibility index (Phi) is 3.68. The molecule has 1 aliphatic carbocycles. The summed E-state index contributed by atoms with van der Waals surface area (Å²) in [6, 6.07) is 0. The van der Waals surface area contributed by atoms with E-state index in [1.807, 2.05) is 0 Å². The predicted molar refractivity (Wildman–Crippen MR) is 49.7 cm³/mol. The monoisotopic (exact) mass is 198 g/mol. The van der Waals surface area contributed by atoms with Gasteiger partial charge in [-0.3, -0.25) is 4.79 Å². The Balaban J connectivity index is 2.58. The van der Waals surface area contributed by atoms with E-state index in [2.05, 4.69) is 6.58 Å². The van der Waals surface area contributed by atoms with Gasteiger partial charge in [-0.25, -0.2) is 4.79 Å². The topological polar surface area (TPSA) is 63.6 Å². The third kappa shape index (κ3) is 2.58. The van der Waals surface area contributed by atoms with Crippen molar-refractivity contribution in [3.05, 3.63) is 12.7 Å². The highest BCUT2D eigenvalue weighted by molar-refractivity contribution is 5.82. The van der Waals surface area contributed by atoms with Crippen LogP contribution < -0.4 is 0 Å². The first-order chi connectivity index (χ1) is 6.65. The SMILES string of the molecule is C=CC(=O)OC1CCCCC1C(=O)O. The summed E-state index contributed by atoms with van der Waals surface area (Å²) in [6.07, 6.45) is 3.61. The number of ether oxygens (including phenoxy) is 1. The minimum Gasteiger partial charge on any atom is -0.481 e. The molecule has 0 amide bonds. The first-order valence-electron chi connectivity index (χ1n) is 4.71. The molecule has 0 radical (unpaired) electrons. The van der Waals surface area contributed by atoms with Crippen LogP contribution in [-0.2, 0) is 14.3 Å². The standard InChI is InChI=1S/C10H14O4/c1-2-9(11)14-8-6-4-3-5-7(8)10(12)13/h2,7-8H,1,3-6H2,(H,12,13). The smallest absolute Gasteiger partial charge is 0.330 e. The van der Waals surface area contributed by atoms with E-state index in [0.29, 0.717) is 12.8 Å². The number of carboxylic acid groups (broad SMARTS) is 1. The molecule has 0 spiro atoms. The van der Waals surface area contributed by atoms with Crippen LogP contribution in [0.1, 0.15) is 25.7 Å². The zero-order chi connectivity index (χ0) is 10.6. The Hall–Kier alpha value is -1.32. The van der Waals surface area contributed by atoms with Crippen LogP contribution in [-0.4, -0.2) is 23.1 Å². The molecule has 2 atom stereocenters. The molecule has 1 aliphatic rings. The van der Waals surface area contributed by atoms with Crippen molar-refractivity contribution >= 4 is 11.9 Å². The molecule has 1 rings (SSSR count). The molecule has 1 fully saturated rings. The van der Waals surface area contributed by atoms with E-state index in [-0.39, 0.29) is 0 Å². The van der Waals surface area contributed by atoms with E-state index in [4.69, 9.17) is 9.84 Å². The lowest BCUT2D eigenvalue weighted by Gasteiger charge is -2.27. The maximum atomic E-state index is 10.9. The molecule has 78 valence electrons. The molecular weight excluding hydrogens is 184 g/mol. The van der Waals surface area contributed by atoms with Crippen molar-refractivity contribution in [1.82, 2.24) is 0 Å². The van der Waals surface area contributed by atoms with Gasteiger partial charge in [-0.2, -0.15) is 0 Å². The predicted octanol–water partition coefficient (Wildman–Crippen LogP) is 1.36. The Morgan fingerprint density at radius 3 is 2.57 bits per heavy atom. The molecule has 0 bridgehead atoms. The Morgan fingerprint density at radius 1 is 1.36 bits per heavy atom. The lowest BCUT2D eigenvalue weighted by molar-refractivity contribution is -0.157. The fourth-order valence-corrected chi connectivity index (χ4v) is 1.72. The number of carbonyl (C=O) groups excluding carboxylic acids is 1. The zero-order valence-electron chi connectivity index (χ0n) is 7.94. The first-order valence-corrected chi connectivity index (χ1v) is 4.71. The summed E-state index contributed by atoms with van der Waals surface area (Å²) in [5.41, 5.74) is 0. The molecule has 0 aromatic heterocycles. The van der Waals surface area contributed by atoms with Gasteiger partial charge in [0, 0.05) is 6.08 Å². The van der Waals surface area contributed by atoms with Crippen molar-refractivity contribution in [3.63, 3.8) is 0 Å². The third-order valence-corrected chi connectivity index (χ3v) is 2.45. The molecule has 0 saturated heterocycles. The van der Waals surface area contributed by atoms with E-state index in [0.717, 1.165) is 18.9 Å². The molecule has 0 aromatic carbocycles. The van der Waals surface area contributed by atoms with E-state index in [9.17, 15) is 9.59 Å². The van der Waals surface area contributed by atoms with Gasteiger partial charge in [0.2, 0.25) is 0 Å². The lowest BCUT2D eigenvalue weighted by Crippen LogP contribution is -2.34. The fraction of sp³-hybridized carbons (Fsp3) is 0.600. The summed E-state index contributed by atoms with van der Waals surface area (Å²) in [4.78, 5) is 21.7. The summed E-state index contributed by atoms with van der Waals surface area (Å²) in [5, 5.41) is 8.88. The minimum atomic E-state index is -0.883. The van der Waals surface area contributed by atoms with Crippen LogP contribution in [0.5, 0.6) is 0 Å². The number of esters is 1. The van der Waals surface area contributed by atoms with Crippen LogP contribution in [0.4, 0.5) is 0 Å². The van der Waals surface area contributed by atoms with E-state index in [1.165, 1.54) is 0 Å². The average Bonchev–Trinajstić information content (AvgIpc) is 2.18. The quantitative estimate of drug-likeness (QED) is 0.549. The van der Waals surface area contributed by atoms with Gasteiger partial charge >= 0.3 is 11.9 Å². The second-order valence-electron chi connectivity index (χ2n) is 3.41. The highest BCUT2D eigenvalue weighted by Crippen LogP contribution is 2.27. The van der Waals surface area contributed by atoms with E-state index >= 15 is 0 Å². The van der Waals surface area contributed by atoms with Gasteiger partial charge in [-0.1, -0.05) is 13.0 Å². The van der Waals surface area contributed by atoms with Crippen LogP contribution in [0.15, 0.2) is 12.7 Å². The summed E-state index contributed by atoms with van der Waals surface area (Å²) >= 11 is 0. The molecular formula is C10H14O4. The third-order valence-electron chi connectivity index (χ3n) is 2.45. The molecule has 0 heterocycles. The molecule has 0 aromatic rings. The van der Waals surface area contributed by atoms with Gasteiger partial charge in [-0.15, -0.1) is 0 Å². The summed E-state index contributed by atoms with van der Waals surface area (Å²) in [6.45, 7) is 3.27. The van der Waals surface area contributed by atoms with Crippen LogP contribution >= 0.6 is 0 Å². The second-order valence-corrected chi connectivity index (χ2v) is 3.41. The zero-order valence-corrected chi connectivity index (χ0v) is 7.94. The van der Waals surface area contributed by atoms with Crippen LogP contribution in [0.2, 0.25) is 0 Å². The number of hydrogen-bond donors (Lipinski definition) is 1. The van der Waals surface area contributed by atoms with Gasteiger partial charge in [-0.05, 0) is 19.3 Å². The number of rotatable bonds is 3. The highest BCUT2D eigenvalue weighted by atomic mass is 16.5. The van der Waals surface area contributed by atoms with E-state index in [1.54, 1.807) is 0 Å². The summed E-state index contributed by atoms with van der Waals surface area (Å²) < 4.78 is 4.98. The van der Waals surface area contributed by atoms with Gasteiger partial charge in [0.15, 0.2) is 0 Å². The lowest BCUT2D eigenvalue weighted by atomic mass is 9.86. The number of carbonyl (C=O) groups is 2. The van der Waals surface area contributed by atoms with Crippen molar-refractivity contribution < 1.29 is 19.4 Å². The summed E-state index contributed by atoms with van der Waals surface area (Å²) in [5.74, 6) is -1.97. The number of carboxylic acids is 1. The van der Waals surface area contributed by atoms with Crippen molar-refractivity contribution in [2.75, 3.05) is 0 Å². The highest BCUT2D eigenvalue weighted by Gasteiger charge is 2.33. The molecule has 0 aliphatic heterocycles. The normalized spacial score (nSPS) is 26.6. The van der Waals surface area contributed by atoms with Crippen molar-refractivity contribution in [1.29, 1.82) is 0 Å². The maximum absolute atomic E-state index is 10.9. The Morgan fingerprint density at radius 2 is 2.00 bits per heavy atom. The Labute approximate surface area is 82.6 Å². The van der Waals surface area contributed by atoms with Crippen molar-refractivity contribution in [2.45, 2.75) is 31.8 Å². The van der Waals surface area contributed by atoms with Gasteiger partial charge < -0.3 is 9.84 Å². The van der Waals surface area contributed by atoms with Gasteiger partial charge in [0.05, 0.1) is 5.92 Å². The van der Waals surface area contributed by atoms with Gasteiger partial charge in [0.25, 0.3) is 0 Å². The Bertz CT molecular complexity index is 247. The van der Waals surface area contributed by atoms with Gasteiger partial charge in [0.1, 0.15) is 6.10 Å². The first kappa shape index (κ1) is 10.8. The molecule has 4 heteroatoms. The van der Waals surface area contributed by atoms with Crippen LogP contribution in [0.3, 0.4) is 0 Å². The largest absolute Gasteiger partial charge is 0.481 e. The second kappa shape index (κ2) is 4.79. The number of aliphatic carboxylic acids is 1. The summed E-state index contributed by atoms with van der Waals surface area (Å²) in [7, 11) is 0. The molecule has 2 unspecified atom stereocenters. The van der Waals surface area contributed by atoms with E-state index < -0.39 is 24.0 Å². The molecule has 1 saturated carbocycles. The van der Waals surface area contributed by atoms with Crippen LogP contribution in [0.25, 0.3) is 0 Å². The molecule has 1 N–H and O–H groups in total. The molecule has 4 nitrogen and oxygen atoms in total. The van der Waals surface area contributed by atoms with Crippen molar-refractivity contribution in [3.8, 4) is 0 Å². The molecule has 14 heavy (non-hydrogen) atoms. The number of hydrogen-bond acceptors (Lipinski definition) is 3. The minimum absolute atomic E-state index is 0.480. The van der Waals surface area contributed by atoms with Crippen molar-refractivity contribution in [2.24, 2.45) is 5.92 Å². The maximum Gasteiger partial charge on any atom is 0.330 e. The van der Waals surface area contributed by atoms with Crippen LogP contribution in [0, 0.1) is 5.92 Å². The fourth-order valence-electron chi connectivity index (χ4n) is 1.72.